The van der Waals surface area contributed by atoms with Crippen LogP contribution < -0.4 is 20.7 Å². The summed E-state index contributed by atoms with van der Waals surface area (Å²) in [6.07, 6.45) is 2.11. The molecule has 1 aromatic heterocycles. The molecule has 0 saturated carbocycles. The van der Waals surface area contributed by atoms with E-state index in [9.17, 15) is 9.59 Å². The van der Waals surface area contributed by atoms with E-state index in [0.29, 0.717) is 25.5 Å². The average molecular weight is 329 g/mol. The first kappa shape index (κ1) is 15.0. The molecule has 1 atom stereocenters. The minimum Gasteiger partial charge on any atom is -0.486 e. The normalized spacial score (nSPS) is 20.2. The first-order chi connectivity index (χ1) is 11.7. The zero-order valence-electron chi connectivity index (χ0n) is 13.2. The van der Waals surface area contributed by atoms with Crippen molar-refractivity contribution < 1.29 is 9.47 Å². The summed E-state index contributed by atoms with van der Waals surface area (Å²) in [5.74, 6) is 1.57. The molecular formula is C17H19N3O4. The lowest BCUT2D eigenvalue weighted by atomic mass is 10.0. The van der Waals surface area contributed by atoms with Gasteiger partial charge in [-0.2, -0.15) is 0 Å². The van der Waals surface area contributed by atoms with Crippen LogP contribution in [-0.4, -0.2) is 34.6 Å². The van der Waals surface area contributed by atoms with Crippen LogP contribution in [0.2, 0.25) is 0 Å². The van der Waals surface area contributed by atoms with Crippen molar-refractivity contribution in [3.63, 3.8) is 0 Å². The van der Waals surface area contributed by atoms with Crippen LogP contribution in [0.3, 0.4) is 0 Å². The maximum Gasteiger partial charge on any atom is 0.325 e. The monoisotopic (exact) mass is 329 g/mol. The molecule has 1 saturated heterocycles. The number of aromatic amines is 2. The van der Waals surface area contributed by atoms with Gasteiger partial charge in [0.15, 0.2) is 11.5 Å². The number of hydrogen-bond acceptors (Lipinski definition) is 5. The highest BCUT2D eigenvalue weighted by Crippen LogP contribution is 2.38. The first-order valence-corrected chi connectivity index (χ1v) is 8.15. The molecule has 2 aliphatic rings. The molecule has 0 bridgehead atoms. The van der Waals surface area contributed by atoms with Crippen LogP contribution in [0.1, 0.15) is 30.1 Å². The number of fused-ring (bicyclic) bond motifs is 1. The van der Waals surface area contributed by atoms with Crippen LogP contribution in [0, 0.1) is 0 Å². The van der Waals surface area contributed by atoms with Gasteiger partial charge in [-0.3, -0.25) is 14.7 Å². The second-order valence-corrected chi connectivity index (χ2v) is 6.14. The number of nitrogens with zero attached hydrogens (tertiary/aromatic N) is 1. The lowest BCUT2D eigenvalue weighted by Gasteiger charge is -2.26. The van der Waals surface area contributed by atoms with E-state index in [1.165, 1.54) is 11.6 Å². The fourth-order valence-corrected chi connectivity index (χ4v) is 3.48. The lowest BCUT2D eigenvalue weighted by Crippen LogP contribution is -2.28. The number of rotatable bonds is 3. The standard InChI is InChI=1S/C17H19N3O4/c21-16-9-12(18-17(22)19-16)10-20-5-1-2-13(20)11-3-4-14-15(8-11)24-7-6-23-14/h3-4,8-9,13H,1-2,5-7,10H2,(H2,18,19,21,22). The second kappa shape index (κ2) is 6.16. The molecule has 24 heavy (non-hydrogen) atoms. The van der Waals surface area contributed by atoms with Gasteiger partial charge in [-0.05, 0) is 37.1 Å². The molecule has 126 valence electrons. The van der Waals surface area contributed by atoms with Crippen LogP contribution in [-0.2, 0) is 6.54 Å². The second-order valence-electron chi connectivity index (χ2n) is 6.14. The minimum absolute atomic E-state index is 0.239. The van der Waals surface area contributed by atoms with Gasteiger partial charge in [-0.15, -0.1) is 0 Å². The molecule has 4 rings (SSSR count). The van der Waals surface area contributed by atoms with Gasteiger partial charge in [0.1, 0.15) is 13.2 Å². The number of nitrogens with one attached hydrogen (secondary N) is 2. The highest BCUT2D eigenvalue weighted by Gasteiger charge is 2.27. The first-order valence-electron chi connectivity index (χ1n) is 8.15. The average Bonchev–Trinajstić information content (AvgIpc) is 3.01. The third-order valence-corrected chi connectivity index (χ3v) is 4.50. The Hall–Kier alpha value is -2.54. The Morgan fingerprint density at radius 2 is 1.92 bits per heavy atom. The van der Waals surface area contributed by atoms with Gasteiger partial charge in [0, 0.05) is 24.3 Å². The molecule has 7 nitrogen and oxygen atoms in total. The summed E-state index contributed by atoms with van der Waals surface area (Å²) in [5, 5.41) is 0. The quantitative estimate of drug-likeness (QED) is 0.883. The molecule has 3 heterocycles. The molecule has 2 aromatic rings. The topological polar surface area (TPSA) is 87.4 Å². The van der Waals surface area contributed by atoms with E-state index in [0.717, 1.165) is 30.9 Å². The van der Waals surface area contributed by atoms with Crippen molar-refractivity contribution in [3.05, 3.63) is 56.4 Å². The summed E-state index contributed by atoms with van der Waals surface area (Å²) in [7, 11) is 0. The Labute approximate surface area is 138 Å². The van der Waals surface area contributed by atoms with Gasteiger partial charge in [0.05, 0.1) is 0 Å². The van der Waals surface area contributed by atoms with E-state index < -0.39 is 5.69 Å². The Balaban J connectivity index is 1.58. The summed E-state index contributed by atoms with van der Waals surface area (Å²) in [5.41, 5.74) is 0.966. The van der Waals surface area contributed by atoms with Crippen molar-refractivity contribution in [3.8, 4) is 11.5 Å². The molecule has 2 N–H and O–H groups in total. The fourth-order valence-electron chi connectivity index (χ4n) is 3.48. The molecule has 7 heteroatoms. The predicted molar refractivity (Wildman–Crippen MR) is 87.5 cm³/mol. The summed E-state index contributed by atoms with van der Waals surface area (Å²) in [6.45, 7) is 2.61. The highest BCUT2D eigenvalue weighted by molar-refractivity contribution is 5.44. The smallest absolute Gasteiger partial charge is 0.325 e. The lowest BCUT2D eigenvalue weighted by molar-refractivity contribution is 0.170. The maximum absolute atomic E-state index is 11.5. The van der Waals surface area contributed by atoms with Gasteiger partial charge in [0.25, 0.3) is 5.56 Å². The molecule has 0 amide bonds. The maximum atomic E-state index is 11.5. The highest BCUT2D eigenvalue weighted by atomic mass is 16.6. The summed E-state index contributed by atoms with van der Waals surface area (Å²) >= 11 is 0. The van der Waals surface area contributed by atoms with Crippen LogP contribution in [0.15, 0.2) is 33.9 Å². The summed E-state index contributed by atoms with van der Waals surface area (Å²) < 4.78 is 11.2. The van der Waals surface area contributed by atoms with Crippen LogP contribution >= 0.6 is 0 Å². The largest absolute Gasteiger partial charge is 0.486 e. The third-order valence-electron chi connectivity index (χ3n) is 4.50. The molecular weight excluding hydrogens is 310 g/mol. The number of benzene rings is 1. The van der Waals surface area contributed by atoms with Crippen molar-refractivity contribution in [1.29, 1.82) is 0 Å². The Morgan fingerprint density at radius 1 is 1.08 bits per heavy atom. The van der Waals surface area contributed by atoms with Gasteiger partial charge in [0.2, 0.25) is 0 Å². The van der Waals surface area contributed by atoms with E-state index in [4.69, 9.17) is 9.47 Å². The predicted octanol–water partition coefficient (Wildman–Crippen LogP) is 1.17. The SMILES string of the molecule is O=c1cc(CN2CCCC2c2ccc3c(c2)OCCO3)[nH]c(=O)[nH]1. The number of aromatic nitrogens is 2. The Kier molecular flexibility index (Phi) is 3.86. The van der Waals surface area contributed by atoms with Crippen LogP contribution in [0.25, 0.3) is 0 Å². The zero-order chi connectivity index (χ0) is 16.5. The Bertz CT molecular complexity index is 829. The molecule has 1 unspecified atom stereocenters. The molecule has 1 fully saturated rings. The van der Waals surface area contributed by atoms with Gasteiger partial charge < -0.3 is 14.5 Å². The molecule has 2 aliphatic heterocycles. The number of ether oxygens (including phenoxy) is 2. The van der Waals surface area contributed by atoms with E-state index in [2.05, 4.69) is 20.9 Å². The number of H-pyrrole nitrogens is 2. The van der Waals surface area contributed by atoms with Gasteiger partial charge in [-0.25, -0.2) is 4.79 Å². The fraction of sp³-hybridized carbons (Fsp3) is 0.412. The molecule has 1 aromatic carbocycles. The van der Waals surface area contributed by atoms with Crippen molar-refractivity contribution in [2.45, 2.75) is 25.4 Å². The Morgan fingerprint density at radius 3 is 2.75 bits per heavy atom. The number of likely N-dealkylation sites (tertiary alicyclic amines) is 1. The van der Waals surface area contributed by atoms with Crippen LogP contribution in [0.5, 0.6) is 11.5 Å². The van der Waals surface area contributed by atoms with Crippen molar-refractivity contribution >= 4 is 0 Å². The molecule has 0 radical (unpaired) electrons. The van der Waals surface area contributed by atoms with Crippen LogP contribution in [0.4, 0.5) is 0 Å². The summed E-state index contributed by atoms with van der Waals surface area (Å²) in [6, 6.07) is 7.74. The summed E-state index contributed by atoms with van der Waals surface area (Å²) in [4.78, 5) is 30.1. The zero-order valence-corrected chi connectivity index (χ0v) is 13.2. The van der Waals surface area contributed by atoms with Gasteiger partial charge >= 0.3 is 5.69 Å². The van der Waals surface area contributed by atoms with E-state index in [1.807, 2.05) is 12.1 Å². The van der Waals surface area contributed by atoms with E-state index in [-0.39, 0.29) is 11.6 Å². The number of hydrogen-bond donors (Lipinski definition) is 2. The van der Waals surface area contributed by atoms with Gasteiger partial charge in [-0.1, -0.05) is 6.07 Å². The van der Waals surface area contributed by atoms with Crippen molar-refractivity contribution in [2.24, 2.45) is 0 Å². The minimum atomic E-state index is -0.465. The van der Waals surface area contributed by atoms with E-state index in [1.54, 1.807) is 0 Å². The molecule has 0 spiro atoms. The molecule has 0 aliphatic carbocycles. The van der Waals surface area contributed by atoms with Crippen molar-refractivity contribution in [1.82, 2.24) is 14.9 Å². The third kappa shape index (κ3) is 2.94. The van der Waals surface area contributed by atoms with E-state index >= 15 is 0 Å². The van der Waals surface area contributed by atoms with Crippen molar-refractivity contribution in [2.75, 3.05) is 19.8 Å².